The van der Waals surface area contributed by atoms with Crippen molar-refractivity contribution in [2.45, 2.75) is 53.8 Å². The molecule has 0 amide bonds. The predicted octanol–water partition coefficient (Wildman–Crippen LogP) is 6.02. The molecule has 3 nitrogen and oxygen atoms in total. The molecule has 0 fully saturated rings. The quantitative estimate of drug-likeness (QED) is 0.389. The van der Waals surface area contributed by atoms with Crippen LogP contribution >= 0.6 is 11.6 Å². The first-order valence-corrected chi connectivity index (χ1v) is 9.71. The molecule has 2 rings (SSSR count). The van der Waals surface area contributed by atoms with Crippen molar-refractivity contribution in [3.8, 4) is 0 Å². The van der Waals surface area contributed by atoms with E-state index in [1.54, 1.807) is 6.07 Å². The summed E-state index contributed by atoms with van der Waals surface area (Å²) in [6.07, 6.45) is 1.53. The maximum absolute atomic E-state index is 12.4. The molecular weight excluding hydrogens is 360 g/mol. The third kappa shape index (κ3) is 7.00. The third-order valence-corrected chi connectivity index (χ3v) is 4.90. The molecule has 0 aliphatic rings. The maximum Gasteiger partial charge on any atom is 0.311 e. The molecule has 0 unspecified atom stereocenters. The lowest BCUT2D eigenvalue weighted by molar-refractivity contribution is -0.155. The molecule has 4 heteroatoms. The van der Waals surface area contributed by atoms with E-state index < -0.39 is 5.41 Å². The molecule has 0 saturated carbocycles. The number of halogens is 1. The number of ether oxygens (including phenoxy) is 2. The molecule has 0 bridgehead atoms. The van der Waals surface area contributed by atoms with Crippen molar-refractivity contribution >= 4 is 17.6 Å². The summed E-state index contributed by atoms with van der Waals surface area (Å²) in [5, 5.41) is 0.642. The Balaban J connectivity index is 1.72. The van der Waals surface area contributed by atoms with Gasteiger partial charge in [0.05, 0.1) is 12.0 Å². The Morgan fingerprint density at radius 1 is 1.07 bits per heavy atom. The Kier molecular flexibility index (Phi) is 7.88. The van der Waals surface area contributed by atoms with Crippen LogP contribution in [0.3, 0.4) is 0 Å². The molecule has 146 valence electrons. The summed E-state index contributed by atoms with van der Waals surface area (Å²) in [7, 11) is 0. The van der Waals surface area contributed by atoms with E-state index in [2.05, 4.69) is 32.0 Å². The number of hydrogen-bond acceptors (Lipinski definition) is 3. The number of carbonyl (C=O) groups is 1. The summed E-state index contributed by atoms with van der Waals surface area (Å²) in [6.45, 7) is 9.48. The monoisotopic (exact) mass is 388 g/mol. The summed E-state index contributed by atoms with van der Waals surface area (Å²) in [5.74, 6) is -0.197. The van der Waals surface area contributed by atoms with Crippen molar-refractivity contribution in [3.63, 3.8) is 0 Å². The average molecular weight is 389 g/mol. The zero-order valence-electron chi connectivity index (χ0n) is 16.7. The molecule has 0 heterocycles. The lowest BCUT2D eigenvalue weighted by Crippen LogP contribution is -2.27. The topological polar surface area (TPSA) is 35.5 Å². The van der Waals surface area contributed by atoms with Crippen molar-refractivity contribution in [2.75, 3.05) is 6.61 Å². The van der Waals surface area contributed by atoms with Crippen molar-refractivity contribution in [3.05, 3.63) is 69.7 Å². The fourth-order valence-electron chi connectivity index (χ4n) is 2.83. The Morgan fingerprint density at radius 2 is 1.85 bits per heavy atom. The number of benzene rings is 2. The van der Waals surface area contributed by atoms with Gasteiger partial charge in [-0.2, -0.15) is 0 Å². The minimum atomic E-state index is -0.540. The molecule has 27 heavy (non-hydrogen) atoms. The van der Waals surface area contributed by atoms with E-state index in [9.17, 15) is 4.79 Å². The standard InChI is InChI=1S/C23H29ClO3/c1-17-9-10-18(2)20(13-17)16-26-12-6-11-23(3,4)22(25)27-15-19-7-5-8-21(24)14-19/h5,7-10,13-14H,6,11-12,15-16H2,1-4H3. The molecule has 0 N–H and O–H groups in total. The van der Waals surface area contributed by atoms with E-state index in [4.69, 9.17) is 21.1 Å². The molecule has 0 aliphatic heterocycles. The van der Waals surface area contributed by atoms with E-state index in [1.165, 1.54) is 16.7 Å². The Morgan fingerprint density at radius 3 is 2.59 bits per heavy atom. The second-order valence-electron chi connectivity index (χ2n) is 7.68. The van der Waals surface area contributed by atoms with Gasteiger partial charge >= 0.3 is 5.97 Å². The van der Waals surface area contributed by atoms with Crippen LogP contribution in [0.1, 0.15) is 48.9 Å². The zero-order chi connectivity index (χ0) is 19.9. The van der Waals surface area contributed by atoms with E-state index in [0.717, 1.165) is 12.0 Å². The Bertz CT molecular complexity index is 768. The maximum atomic E-state index is 12.4. The highest BCUT2D eigenvalue weighted by Crippen LogP contribution is 2.25. The van der Waals surface area contributed by atoms with Crippen LogP contribution in [0.4, 0.5) is 0 Å². The van der Waals surface area contributed by atoms with Gasteiger partial charge in [0, 0.05) is 11.6 Å². The SMILES string of the molecule is Cc1ccc(C)c(COCCCC(C)(C)C(=O)OCc2cccc(Cl)c2)c1. The van der Waals surface area contributed by atoms with Crippen LogP contribution < -0.4 is 0 Å². The van der Waals surface area contributed by atoms with Gasteiger partial charge in [-0.1, -0.05) is 47.5 Å². The van der Waals surface area contributed by atoms with Gasteiger partial charge in [0.1, 0.15) is 6.61 Å². The minimum Gasteiger partial charge on any atom is -0.460 e. The number of carbonyl (C=O) groups excluding carboxylic acids is 1. The van der Waals surface area contributed by atoms with Gasteiger partial charge in [0.25, 0.3) is 0 Å². The zero-order valence-corrected chi connectivity index (χ0v) is 17.4. The molecular formula is C23H29ClO3. The molecule has 0 radical (unpaired) electrons. The van der Waals surface area contributed by atoms with E-state index in [0.29, 0.717) is 24.7 Å². The van der Waals surface area contributed by atoms with Crippen LogP contribution in [0, 0.1) is 19.3 Å². The summed E-state index contributed by atoms with van der Waals surface area (Å²) in [5.41, 5.74) is 4.05. The van der Waals surface area contributed by atoms with Gasteiger partial charge in [-0.15, -0.1) is 0 Å². The first-order chi connectivity index (χ1) is 12.8. The number of rotatable bonds is 9. The van der Waals surface area contributed by atoms with Crippen LogP contribution in [-0.2, 0) is 27.5 Å². The molecule has 0 saturated heterocycles. The third-order valence-electron chi connectivity index (χ3n) is 4.66. The second-order valence-corrected chi connectivity index (χ2v) is 8.11. The van der Waals surface area contributed by atoms with Gasteiger partial charge in [-0.3, -0.25) is 4.79 Å². The van der Waals surface area contributed by atoms with E-state index in [1.807, 2.05) is 32.0 Å². The fraction of sp³-hybridized carbons (Fsp3) is 0.435. The minimum absolute atomic E-state index is 0.197. The first-order valence-electron chi connectivity index (χ1n) is 9.33. The average Bonchev–Trinajstić information content (AvgIpc) is 2.62. The van der Waals surface area contributed by atoms with Crippen LogP contribution in [0.2, 0.25) is 5.02 Å². The van der Waals surface area contributed by atoms with Gasteiger partial charge in [0.15, 0.2) is 0 Å². The highest BCUT2D eigenvalue weighted by atomic mass is 35.5. The van der Waals surface area contributed by atoms with Crippen molar-refractivity contribution in [2.24, 2.45) is 5.41 Å². The summed E-state index contributed by atoms with van der Waals surface area (Å²) in [6, 6.07) is 13.7. The molecule has 2 aromatic carbocycles. The molecule has 0 atom stereocenters. The highest BCUT2D eigenvalue weighted by Gasteiger charge is 2.28. The smallest absolute Gasteiger partial charge is 0.311 e. The van der Waals surface area contributed by atoms with Gasteiger partial charge < -0.3 is 9.47 Å². The van der Waals surface area contributed by atoms with Crippen LogP contribution in [0.15, 0.2) is 42.5 Å². The molecule has 0 spiro atoms. The molecule has 0 aliphatic carbocycles. The van der Waals surface area contributed by atoms with E-state index in [-0.39, 0.29) is 12.6 Å². The van der Waals surface area contributed by atoms with Crippen LogP contribution in [-0.4, -0.2) is 12.6 Å². The normalized spacial score (nSPS) is 11.4. The summed E-state index contributed by atoms with van der Waals surface area (Å²) >= 11 is 5.96. The Labute approximate surface area is 167 Å². The van der Waals surface area contributed by atoms with Crippen molar-refractivity contribution in [1.82, 2.24) is 0 Å². The number of hydrogen-bond donors (Lipinski definition) is 0. The summed E-state index contributed by atoms with van der Waals surface area (Å²) in [4.78, 5) is 12.4. The summed E-state index contributed by atoms with van der Waals surface area (Å²) < 4.78 is 11.3. The largest absolute Gasteiger partial charge is 0.460 e. The van der Waals surface area contributed by atoms with Crippen LogP contribution in [0.5, 0.6) is 0 Å². The van der Waals surface area contributed by atoms with Crippen molar-refractivity contribution in [1.29, 1.82) is 0 Å². The first kappa shape index (κ1) is 21.5. The Hall–Kier alpha value is -1.84. The second kappa shape index (κ2) is 9.91. The van der Waals surface area contributed by atoms with Gasteiger partial charge in [0.2, 0.25) is 0 Å². The van der Waals surface area contributed by atoms with Crippen LogP contribution in [0.25, 0.3) is 0 Å². The van der Waals surface area contributed by atoms with Gasteiger partial charge in [-0.05, 0) is 69.4 Å². The highest BCUT2D eigenvalue weighted by molar-refractivity contribution is 6.30. The molecule has 2 aromatic rings. The predicted molar refractivity (Wildman–Crippen MR) is 110 cm³/mol. The van der Waals surface area contributed by atoms with E-state index >= 15 is 0 Å². The van der Waals surface area contributed by atoms with Crippen molar-refractivity contribution < 1.29 is 14.3 Å². The number of aryl methyl sites for hydroxylation is 2. The molecule has 0 aromatic heterocycles. The van der Waals surface area contributed by atoms with Gasteiger partial charge in [-0.25, -0.2) is 0 Å². The lowest BCUT2D eigenvalue weighted by atomic mass is 9.88. The number of esters is 1. The fourth-order valence-corrected chi connectivity index (χ4v) is 3.04. The lowest BCUT2D eigenvalue weighted by Gasteiger charge is -2.22.